The van der Waals surface area contributed by atoms with Gasteiger partial charge in [-0.25, -0.2) is 18.7 Å². The third-order valence-corrected chi connectivity index (χ3v) is 7.03. The number of rotatable bonds is 6. The topological polar surface area (TPSA) is 88.4 Å². The largest absolute Gasteiger partial charge is 0.378 e. The molecule has 2 aromatic heterocycles. The van der Waals surface area contributed by atoms with Crippen molar-refractivity contribution in [3.63, 3.8) is 0 Å². The molecule has 2 saturated heterocycles. The van der Waals surface area contributed by atoms with Crippen LogP contribution in [0.4, 0.5) is 14.6 Å². The normalized spacial score (nSPS) is 16.3. The van der Waals surface area contributed by atoms with Crippen molar-refractivity contribution in [2.45, 2.75) is 12.8 Å². The van der Waals surface area contributed by atoms with Crippen LogP contribution in [0.5, 0.6) is 0 Å². The van der Waals surface area contributed by atoms with Gasteiger partial charge >= 0.3 is 0 Å². The number of ether oxygens (including phenoxy) is 1. The number of fused-ring (bicyclic) bond motifs is 1. The molecule has 1 N–H and O–H groups in total. The first-order valence-corrected chi connectivity index (χ1v) is 13.1. The zero-order chi connectivity index (χ0) is 26.8. The Hall–Kier alpha value is -3.96. The van der Waals surface area contributed by atoms with Gasteiger partial charge in [0.05, 0.1) is 36.4 Å². The number of nitrogens with zero attached hydrogens (tertiary/aromatic N) is 6. The molecule has 0 bridgehead atoms. The van der Waals surface area contributed by atoms with E-state index in [0.29, 0.717) is 67.5 Å². The van der Waals surface area contributed by atoms with E-state index in [0.717, 1.165) is 18.7 Å². The number of halogens is 2. The molecular formula is C28H29F2N7O2. The van der Waals surface area contributed by atoms with Crippen molar-refractivity contribution in [3.8, 4) is 17.2 Å². The van der Waals surface area contributed by atoms with Gasteiger partial charge in [-0.15, -0.1) is 0 Å². The smallest absolute Gasteiger partial charge is 0.253 e. The van der Waals surface area contributed by atoms with Crippen LogP contribution in [0, 0.1) is 0 Å². The molecule has 0 atom stereocenters. The van der Waals surface area contributed by atoms with Gasteiger partial charge in [0.25, 0.3) is 5.91 Å². The van der Waals surface area contributed by atoms with Crippen LogP contribution in [0.25, 0.3) is 28.2 Å². The minimum atomic E-state index is -2.57. The number of piperazine rings is 1. The molecule has 2 aromatic carbocycles. The average Bonchev–Trinajstić information content (AvgIpc) is 3.34. The number of benzene rings is 2. The van der Waals surface area contributed by atoms with Gasteiger partial charge in [0.2, 0.25) is 12.4 Å². The summed E-state index contributed by atoms with van der Waals surface area (Å²) in [6.45, 7) is 5.38. The first-order valence-electron chi connectivity index (χ1n) is 13.1. The summed E-state index contributed by atoms with van der Waals surface area (Å²) in [5, 5.41) is 3.26. The second-order valence-electron chi connectivity index (χ2n) is 9.58. The lowest BCUT2D eigenvalue weighted by Gasteiger charge is -2.28. The standard InChI is InChI=1S/C28H29F2N7O2/c29-24(30)18-26-32-21-3-1-2-4-23(21)37(26)28-33-22(17-25(34-28)35-13-15-39-16-14-35)19-5-7-20(8-6-19)27(38)36-11-9-31-10-12-36/h1-8,17,24,31H,9-16,18H2. The Morgan fingerprint density at radius 1 is 0.949 bits per heavy atom. The molecule has 2 aliphatic heterocycles. The summed E-state index contributed by atoms with van der Waals surface area (Å²) in [6, 6.07) is 16.6. The highest BCUT2D eigenvalue weighted by atomic mass is 19.3. The molecule has 0 saturated carbocycles. The monoisotopic (exact) mass is 533 g/mol. The Labute approximate surface area is 224 Å². The number of aromatic nitrogens is 4. The number of para-hydroxylation sites is 2. The fraction of sp³-hybridized carbons (Fsp3) is 0.357. The number of morpholine rings is 1. The molecule has 9 nitrogen and oxygen atoms in total. The highest BCUT2D eigenvalue weighted by molar-refractivity contribution is 5.94. The van der Waals surface area contributed by atoms with Crippen LogP contribution in [0.3, 0.4) is 0 Å². The summed E-state index contributed by atoms with van der Waals surface area (Å²) in [7, 11) is 0. The van der Waals surface area contributed by atoms with E-state index >= 15 is 0 Å². The fourth-order valence-corrected chi connectivity index (χ4v) is 5.03. The number of hydrogen-bond acceptors (Lipinski definition) is 7. The van der Waals surface area contributed by atoms with Gasteiger partial charge in [0.1, 0.15) is 11.6 Å². The Balaban J connectivity index is 1.42. The van der Waals surface area contributed by atoms with E-state index < -0.39 is 12.8 Å². The van der Waals surface area contributed by atoms with Crippen molar-refractivity contribution >= 4 is 22.8 Å². The van der Waals surface area contributed by atoms with E-state index in [-0.39, 0.29) is 17.7 Å². The molecule has 4 heterocycles. The van der Waals surface area contributed by atoms with Gasteiger partial charge in [-0.2, -0.15) is 4.98 Å². The molecule has 0 radical (unpaired) electrons. The first kappa shape index (κ1) is 25.3. The fourth-order valence-electron chi connectivity index (χ4n) is 5.03. The van der Waals surface area contributed by atoms with E-state index in [1.165, 1.54) is 0 Å². The van der Waals surface area contributed by atoms with Crippen molar-refractivity contribution in [1.82, 2.24) is 29.7 Å². The van der Waals surface area contributed by atoms with Crippen LogP contribution in [0.2, 0.25) is 0 Å². The molecule has 0 spiro atoms. The van der Waals surface area contributed by atoms with Crippen LogP contribution in [0.1, 0.15) is 16.2 Å². The summed E-state index contributed by atoms with van der Waals surface area (Å²) in [5.74, 6) is 1.16. The Morgan fingerprint density at radius 2 is 1.69 bits per heavy atom. The summed E-state index contributed by atoms with van der Waals surface area (Å²) in [4.78, 5) is 31.0. The third-order valence-electron chi connectivity index (χ3n) is 7.03. The molecule has 11 heteroatoms. The van der Waals surface area contributed by atoms with Crippen LogP contribution in [-0.4, -0.2) is 89.2 Å². The number of imidazole rings is 1. The molecule has 0 aliphatic carbocycles. The van der Waals surface area contributed by atoms with Crippen molar-refractivity contribution in [2.75, 3.05) is 57.4 Å². The number of carbonyl (C=O) groups excluding carboxylic acids is 1. The predicted molar refractivity (Wildman–Crippen MR) is 144 cm³/mol. The highest BCUT2D eigenvalue weighted by Crippen LogP contribution is 2.28. The molecule has 39 heavy (non-hydrogen) atoms. The van der Waals surface area contributed by atoms with E-state index in [1.54, 1.807) is 10.6 Å². The Kier molecular flexibility index (Phi) is 7.16. The lowest BCUT2D eigenvalue weighted by molar-refractivity contribution is 0.0735. The van der Waals surface area contributed by atoms with Gasteiger partial charge in [-0.1, -0.05) is 24.3 Å². The third kappa shape index (κ3) is 5.32. The van der Waals surface area contributed by atoms with Crippen LogP contribution in [-0.2, 0) is 11.2 Å². The average molecular weight is 534 g/mol. The van der Waals surface area contributed by atoms with E-state index in [4.69, 9.17) is 14.7 Å². The number of carbonyl (C=O) groups is 1. The SMILES string of the molecule is O=C(c1ccc(-c2cc(N3CCOCC3)nc(-n3c(CC(F)F)nc4ccccc43)n2)cc1)N1CCNCC1. The van der Waals surface area contributed by atoms with Gasteiger partial charge in [0, 0.05) is 56.5 Å². The molecule has 6 rings (SSSR count). The van der Waals surface area contributed by atoms with Gasteiger partial charge in [-0.3, -0.25) is 9.36 Å². The molecule has 2 aliphatic rings. The minimum absolute atomic E-state index is 0.00181. The van der Waals surface area contributed by atoms with Crippen molar-refractivity contribution in [1.29, 1.82) is 0 Å². The summed E-state index contributed by atoms with van der Waals surface area (Å²) >= 11 is 0. The van der Waals surface area contributed by atoms with E-state index in [2.05, 4.69) is 15.2 Å². The van der Waals surface area contributed by atoms with Gasteiger partial charge in [-0.05, 0) is 24.3 Å². The first-order chi connectivity index (χ1) is 19.1. The highest BCUT2D eigenvalue weighted by Gasteiger charge is 2.22. The van der Waals surface area contributed by atoms with E-state index in [9.17, 15) is 13.6 Å². The number of amides is 1. The van der Waals surface area contributed by atoms with E-state index in [1.807, 2.05) is 53.4 Å². The summed E-state index contributed by atoms with van der Waals surface area (Å²) < 4.78 is 34.2. The number of nitrogens with one attached hydrogen (secondary N) is 1. The van der Waals surface area contributed by atoms with Crippen molar-refractivity contribution < 1.29 is 18.3 Å². The molecule has 0 unspecified atom stereocenters. The van der Waals surface area contributed by atoms with Crippen LogP contribution in [0.15, 0.2) is 54.6 Å². The molecule has 202 valence electrons. The van der Waals surface area contributed by atoms with Crippen LogP contribution >= 0.6 is 0 Å². The Bertz CT molecular complexity index is 1460. The Morgan fingerprint density at radius 3 is 2.44 bits per heavy atom. The zero-order valence-electron chi connectivity index (χ0n) is 21.4. The number of anilines is 1. The predicted octanol–water partition coefficient (Wildman–Crippen LogP) is 3.17. The summed E-state index contributed by atoms with van der Waals surface area (Å²) in [6.07, 6.45) is -3.08. The lowest BCUT2D eigenvalue weighted by atomic mass is 10.1. The maximum atomic E-state index is 13.5. The lowest BCUT2D eigenvalue weighted by Crippen LogP contribution is -2.46. The minimum Gasteiger partial charge on any atom is -0.378 e. The zero-order valence-corrected chi connectivity index (χ0v) is 21.4. The second-order valence-corrected chi connectivity index (χ2v) is 9.58. The van der Waals surface area contributed by atoms with Crippen LogP contribution < -0.4 is 10.2 Å². The van der Waals surface area contributed by atoms with Gasteiger partial charge in [0.15, 0.2) is 0 Å². The maximum absolute atomic E-state index is 13.5. The van der Waals surface area contributed by atoms with Crippen molar-refractivity contribution in [2.24, 2.45) is 0 Å². The quantitative estimate of drug-likeness (QED) is 0.407. The maximum Gasteiger partial charge on any atom is 0.253 e. The molecular weight excluding hydrogens is 504 g/mol. The molecule has 4 aromatic rings. The van der Waals surface area contributed by atoms with Gasteiger partial charge < -0.3 is 19.9 Å². The second kappa shape index (κ2) is 11.0. The molecule has 1 amide bonds. The summed E-state index contributed by atoms with van der Waals surface area (Å²) in [5.41, 5.74) is 3.30. The number of hydrogen-bond donors (Lipinski definition) is 1. The van der Waals surface area contributed by atoms with Crippen molar-refractivity contribution in [3.05, 3.63) is 66.0 Å². The molecule has 2 fully saturated rings. The number of alkyl halides is 2.